The van der Waals surface area contributed by atoms with E-state index in [4.69, 9.17) is 0 Å². The molecule has 0 spiro atoms. The number of rotatable bonds is 5. The maximum absolute atomic E-state index is 12.0. The van der Waals surface area contributed by atoms with Gasteiger partial charge in [0.2, 0.25) is 0 Å². The van der Waals surface area contributed by atoms with Gasteiger partial charge in [0, 0.05) is 31.8 Å². The molecule has 2 heterocycles. The van der Waals surface area contributed by atoms with Gasteiger partial charge in [0.25, 0.3) is 10.0 Å². The Morgan fingerprint density at radius 3 is 2.74 bits per heavy atom. The highest BCUT2D eigenvalue weighted by atomic mass is 32.2. The van der Waals surface area contributed by atoms with E-state index in [1.54, 1.807) is 17.9 Å². The number of aryl methyl sites for hydroxylation is 3. The van der Waals surface area contributed by atoms with Crippen molar-refractivity contribution in [3.05, 3.63) is 29.5 Å². The molecule has 2 aromatic rings. The molecule has 0 unspecified atom stereocenters. The molecule has 0 radical (unpaired) electrons. The van der Waals surface area contributed by atoms with Crippen molar-refractivity contribution in [3.63, 3.8) is 0 Å². The first-order valence-electron chi connectivity index (χ1n) is 5.95. The van der Waals surface area contributed by atoms with Crippen LogP contribution in [0.3, 0.4) is 0 Å². The second kappa shape index (κ2) is 5.14. The summed E-state index contributed by atoms with van der Waals surface area (Å²) >= 11 is 0. The predicted molar refractivity (Wildman–Crippen MR) is 69.9 cm³/mol. The quantitative estimate of drug-likeness (QED) is 0.835. The number of H-pyrrole nitrogens is 1. The molecule has 0 bridgehead atoms. The van der Waals surface area contributed by atoms with E-state index in [2.05, 4.69) is 19.8 Å². The Balaban J connectivity index is 2.11. The highest BCUT2D eigenvalue weighted by Gasteiger charge is 2.17. The lowest BCUT2D eigenvalue weighted by Gasteiger charge is -2.03. The Labute approximate surface area is 112 Å². The van der Waals surface area contributed by atoms with Crippen LogP contribution in [0.25, 0.3) is 0 Å². The zero-order valence-corrected chi connectivity index (χ0v) is 12.0. The molecule has 0 aromatic carbocycles. The normalized spacial score (nSPS) is 11.9. The maximum atomic E-state index is 12.0. The molecule has 2 rings (SSSR count). The first kappa shape index (κ1) is 13.8. The minimum atomic E-state index is -3.56. The van der Waals surface area contributed by atoms with E-state index in [0.29, 0.717) is 12.2 Å². The predicted octanol–water partition coefficient (Wildman–Crippen LogP) is 0.493. The molecule has 2 aromatic heterocycles. The molecule has 0 fully saturated rings. The number of imidazole rings is 1. The van der Waals surface area contributed by atoms with E-state index >= 15 is 0 Å². The number of nitrogens with one attached hydrogen (secondary N) is 2. The van der Waals surface area contributed by atoms with Crippen LogP contribution in [0.2, 0.25) is 0 Å². The number of hydrogen-bond donors (Lipinski definition) is 2. The molecule has 0 aliphatic carbocycles. The van der Waals surface area contributed by atoms with Crippen molar-refractivity contribution in [2.45, 2.75) is 31.8 Å². The summed E-state index contributed by atoms with van der Waals surface area (Å²) in [6, 6.07) is 0. The van der Waals surface area contributed by atoms with E-state index in [1.165, 1.54) is 6.20 Å². The number of aromatic amines is 1. The van der Waals surface area contributed by atoms with Crippen molar-refractivity contribution in [1.29, 1.82) is 0 Å². The Hall–Kier alpha value is -1.67. The van der Waals surface area contributed by atoms with Crippen molar-refractivity contribution in [2.75, 3.05) is 0 Å². The maximum Gasteiger partial charge on any atom is 0.257 e. The fraction of sp³-hybridized carbons (Fsp3) is 0.455. The average Bonchev–Trinajstić information content (AvgIpc) is 2.94. The lowest BCUT2D eigenvalue weighted by Crippen LogP contribution is -2.23. The van der Waals surface area contributed by atoms with Gasteiger partial charge in [0.05, 0.1) is 11.9 Å². The summed E-state index contributed by atoms with van der Waals surface area (Å²) in [6.45, 7) is 3.96. The first-order valence-corrected chi connectivity index (χ1v) is 7.43. The summed E-state index contributed by atoms with van der Waals surface area (Å²) < 4.78 is 28.3. The number of sulfonamides is 1. The largest absolute Gasteiger partial charge is 0.332 e. The number of nitrogens with zero attached hydrogens (tertiary/aromatic N) is 3. The molecule has 7 nitrogen and oxygen atoms in total. The van der Waals surface area contributed by atoms with E-state index in [0.717, 1.165) is 11.3 Å². The third kappa shape index (κ3) is 3.02. The minimum absolute atomic E-state index is 0.0888. The zero-order valence-electron chi connectivity index (χ0n) is 11.1. The van der Waals surface area contributed by atoms with Gasteiger partial charge in [-0.3, -0.25) is 4.68 Å². The van der Waals surface area contributed by atoms with Crippen LogP contribution in [0.15, 0.2) is 17.4 Å². The average molecular weight is 283 g/mol. The van der Waals surface area contributed by atoms with Crippen LogP contribution in [0.4, 0.5) is 0 Å². The zero-order chi connectivity index (χ0) is 14.0. The second-order valence-electron chi connectivity index (χ2n) is 4.29. The molecule has 2 N–H and O–H groups in total. The molecule has 0 saturated heterocycles. The summed E-state index contributed by atoms with van der Waals surface area (Å²) in [7, 11) is -1.76. The highest BCUT2D eigenvalue weighted by molar-refractivity contribution is 7.89. The van der Waals surface area contributed by atoms with Crippen molar-refractivity contribution < 1.29 is 8.42 Å². The van der Waals surface area contributed by atoms with Crippen LogP contribution >= 0.6 is 0 Å². The highest BCUT2D eigenvalue weighted by Crippen LogP contribution is 2.09. The van der Waals surface area contributed by atoms with Gasteiger partial charge < -0.3 is 4.98 Å². The third-order valence-electron chi connectivity index (χ3n) is 2.80. The summed E-state index contributed by atoms with van der Waals surface area (Å²) in [5.41, 5.74) is 1.66. The fourth-order valence-corrected chi connectivity index (χ4v) is 2.68. The second-order valence-corrected chi connectivity index (χ2v) is 6.02. The minimum Gasteiger partial charge on any atom is -0.332 e. The Morgan fingerprint density at radius 2 is 2.21 bits per heavy atom. The van der Waals surface area contributed by atoms with Crippen molar-refractivity contribution in [3.8, 4) is 0 Å². The lowest BCUT2D eigenvalue weighted by molar-refractivity contribution is 0.577. The standard InChI is InChI=1S/C11H17N5O2S/c1-4-10-12-6-11(14-10)19(17,18)13-5-9-7-16(3)15-8(9)2/h6-7,13H,4-5H2,1-3H3,(H,12,14). The summed E-state index contributed by atoms with van der Waals surface area (Å²) in [5.74, 6) is 0.651. The molecule has 0 amide bonds. The van der Waals surface area contributed by atoms with Crippen LogP contribution < -0.4 is 4.72 Å². The molecule has 19 heavy (non-hydrogen) atoms. The number of aromatic nitrogens is 4. The smallest absolute Gasteiger partial charge is 0.257 e. The Morgan fingerprint density at radius 1 is 1.47 bits per heavy atom. The van der Waals surface area contributed by atoms with Gasteiger partial charge in [-0.15, -0.1) is 0 Å². The van der Waals surface area contributed by atoms with Crippen LogP contribution in [-0.4, -0.2) is 28.2 Å². The van der Waals surface area contributed by atoms with E-state index in [-0.39, 0.29) is 11.6 Å². The first-order chi connectivity index (χ1) is 8.92. The van der Waals surface area contributed by atoms with E-state index < -0.39 is 10.0 Å². The molecule has 0 aliphatic heterocycles. The van der Waals surface area contributed by atoms with Gasteiger partial charge in [0.1, 0.15) is 5.82 Å². The van der Waals surface area contributed by atoms with Crippen LogP contribution in [-0.2, 0) is 30.0 Å². The monoisotopic (exact) mass is 283 g/mol. The van der Waals surface area contributed by atoms with Gasteiger partial charge >= 0.3 is 0 Å². The van der Waals surface area contributed by atoms with Gasteiger partial charge in [0.15, 0.2) is 5.03 Å². The third-order valence-corrected chi connectivity index (χ3v) is 4.11. The van der Waals surface area contributed by atoms with Gasteiger partial charge in [-0.2, -0.15) is 5.10 Å². The van der Waals surface area contributed by atoms with Crippen molar-refractivity contribution in [1.82, 2.24) is 24.5 Å². The summed E-state index contributed by atoms with van der Waals surface area (Å²) in [4.78, 5) is 6.76. The van der Waals surface area contributed by atoms with Crippen molar-refractivity contribution >= 4 is 10.0 Å². The van der Waals surface area contributed by atoms with Gasteiger partial charge in [-0.1, -0.05) is 6.92 Å². The fourth-order valence-electron chi connectivity index (χ4n) is 1.73. The Bertz CT molecular complexity index is 671. The molecule has 104 valence electrons. The van der Waals surface area contributed by atoms with Crippen LogP contribution in [0.1, 0.15) is 24.0 Å². The van der Waals surface area contributed by atoms with Gasteiger partial charge in [-0.25, -0.2) is 18.1 Å². The summed E-state index contributed by atoms with van der Waals surface area (Å²) in [5, 5.41) is 4.25. The topological polar surface area (TPSA) is 92.7 Å². The van der Waals surface area contributed by atoms with E-state index in [9.17, 15) is 8.42 Å². The van der Waals surface area contributed by atoms with E-state index in [1.807, 2.05) is 13.8 Å². The SMILES string of the molecule is CCc1ncc(S(=O)(=O)NCc2cn(C)nc2C)[nH]1. The Kier molecular flexibility index (Phi) is 3.72. The molecule has 0 saturated carbocycles. The molecule has 8 heteroatoms. The lowest BCUT2D eigenvalue weighted by atomic mass is 10.3. The molecule has 0 atom stereocenters. The van der Waals surface area contributed by atoms with Crippen molar-refractivity contribution in [2.24, 2.45) is 7.05 Å². The number of hydrogen-bond acceptors (Lipinski definition) is 4. The van der Waals surface area contributed by atoms with Gasteiger partial charge in [-0.05, 0) is 6.92 Å². The molecule has 0 aliphatic rings. The molecular weight excluding hydrogens is 266 g/mol. The summed E-state index contributed by atoms with van der Waals surface area (Å²) in [6.07, 6.45) is 3.79. The van der Waals surface area contributed by atoms with Crippen LogP contribution in [0, 0.1) is 6.92 Å². The molecular formula is C11H17N5O2S. The van der Waals surface area contributed by atoms with Crippen LogP contribution in [0.5, 0.6) is 0 Å².